The van der Waals surface area contributed by atoms with Gasteiger partial charge in [-0.2, -0.15) is 0 Å². The summed E-state index contributed by atoms with van der Waals surface area (Å²) in [5, 5.41) is 0. The van der Waals surface area contributed by atoms with Crippen LogP contribution in [0.3, 0.4) is 0 Å². The maximum atomic E-state index is 5.50. The zero-order chi connectivity index (χ0) is 12.1. The van der Waals surface area contributed by atoms with Crippen molar-refractivity contribution >= 4 is 0 Å². The molecule has 1 aliphatic heterocycles. The van der Waals surface area contributed by atoms with Crippen molar-refractivity contribution in [3.63, 3.8) is 0 Å². The van der Waals surface area contributed by atoms with Gasteiger partial charge in [0, 0.05) is 19.4 Å². The molecule has 4 nitrogen and oxygen atoms in total. The van der Waals surface area contributed by atoms with Crippen molar-refractivity contribution in [2.24, 2.45) is 11.7 Å². The number of nitrogens with zero attached hydrogens (tertiary/aromatic N) is 2. The molecule has 0 aromatic carbocycles. The molecule has 0 spiro atoms. The molecule has 1 aromatic rings. The lowest BCUT2D eigenvalue weighted by atomic mass is 9.95. The van der Waals surface area contributed by atoms with E-state index in [1.165, 1.54) is 25.9 Å². The smallest absolute Gasteiger partial charge is 0.194 e. The molecular formula is C13H23N3O. The number of nitrogens with two attached hydrogens (primary N) is 1. The molecule has 1 unspecified atom stereocenters. The highest BCUT2D eigenvalue weighted by Gasteiger charge is 2.20. The maximum Gasteiger partial charge on any atom is 0.194 e. The predicted octanol–water partition coefficient (Wildman–Crippen LogP) is 1.45. The van der Waals surface area contributed by atoms with Gasteiger partial charge in [0.15, 0.2) is 5.89 Å². The standard InChI is InChI=1S/C13H23N3O/c1-2-16-7-3-4-11(9-16)8-13-15-12(5-6-14)10-17-13/h10-11H,2-9,14H2,1H3. The third kappa shape index (κ3) is 3.54. The first-order valence-corrected chi connectivity index (χ1v) is 6.67. The third-order valence-electron chi connectivity index (χ3n) is 3.51. The Morgan fingerprint density at radius 2 is 2.47 bits per heavy atom. The molecule has 1 aromatic heterocycles. The van der Waals surface area contributed by atoms with Crippen molar-refractivity contribution in [2.75, 3.05) is 26.2 Å². The molecule has 0 amide bonds. The minimum Gasteiger partial charge on any atom is -0.449 e. The fourth-order valence-corrected chi connectivity index (χ4v) is 2.56. The van der Waals surface area contributed by atoms with Crippen LogP contribution in [0.1, 0.15) is 31.4 Å². The first-order chi connectivity index (χ1) is 8.31. The third-order valence-corrected chi connectivity index (χ3v) is 3.51. The van der Waals surface area contributed by atoms with Crippen LogP contribution in [0.25, 0.3) is 0 Å². The quantitative estimate of drug-likeness (QED) is 0.842. The number of likely N-dealkylation sites (tertiary alicyclic amines) is 1. The summed E-state index contributed by atoms with van der Waals surface area (Å²) >= 11 is 0. The summed E-state index contributed by atoms with van der Waals surface area (Å²) in [5.41, 5.74) is 6.49. The maximum absolute atomic E-state index is 5.50. The van der Waals surface area contributed by atoms with Crippen LogP contribution < -0.4 is 5.73 Å². The van der Waals surface area contributed by atoms with Crippen LogP contribution in [0.5, 0.6) is 0 Å². The molecule has 96 valence electrons. The van der Waals surface area contributed by atoms with Gasteiger partial charge >= 0.3 is 0 Å². The van der Waals surface area contributed by atoms with Gasteiger partial charge in [-0.1, -0.05) is 6.92 Å². The van der Waals surface area contributed by atoms with Crippen molar-refractivity contribution in [1.29, 1.82) is 0 Å². The molecule has 17 heavy (non-hydrogen) atoms. The molecule has 1 fully saturated rings. The van der Waals surface area contributed by atoms with Gasteiger partial charge in [0.1, 0.15) is 6.26 Å². The number of rotatable bonds is 5. The van der Waals surface area contributed by atoms with E-state index in [4.69, 9.17) is 10.2 Å². The predicted molar refractivity (Wildman–Crippen MR) is 67.8 cm³/mol. The molecule has 1 aliphatic rings. The number of oxazole rings is 1. The Labute approximate surface area is 103 Å². The number of hydrogen-bond acceptors (Lipinski definition) is 4. The second kappa shape index (κ2) is 6.17. The van der Waals surface area contributed by atoms with E-state index in [0.29, 0.717) is 12.5 Å². The van der Waals surface area contributed by atoms with E-state index >= 15 is 0 Å². The highest BCUT2D eigenvalue weighted by atomic mass is 16.3. The first kappa shape index (κ1) is 12.6. The lowest BCUT2D eigenvalue weighted by Crippen LogP contribution is -2.35. The van der Waals surface area contributed by atoms with Gasteiger partial charge in [0.2, 0.25) is 0 Å². The van der Waals surface area contributed by atoms with Crippen molar-refractivity contribution in [2.45, 2.75) is 32.6 Å². The number of piperidine rings is 1. The summed E-state index contributed by atoms with van der Waals surface area (Å²) in [6, 6.07) is 0. The van der Waals surface area contributed by atoms with Crippen molar-refractivity contribution < 1.29 is 4.42 Å². The normalized spacial score (nSPS) is 21.9. The topological polar surface area (TPSA) is 55.3 Å². The molecule has 1 atom stereocenters. The Hall–Kier alpha value is -0.870. The van der Waals surface area contributed by atoms with E-state index in [1.54, 1.807) is 6.26 Å². The van der Waals surface area contributed by atoms with Gasteiger partial charge in [-0.05, 0) is 38.4 Å². The van der Waals surface area contributed by atoms with Crippen LogP contribution in [0.15, 0.2) is 10.7 Å². The highest BCUT2D eigenvalue weighted by Crippen LogP contribution is 2.20. The highest BCUT2D eigenvalue weighted by molar-refractivity contribution is 4.98. The number of aromatic nitrogens is 1. The largest absolute Gasteiger partial charge is 0.449 e. The van der Waals surface area contributed by atoms with E-state index in [-0.39, 0.29) is 0 Å². The summed E-state index contributed by atoms with van der Waals surface area (Å²) in [7, 11) is 0. The molecular weight excluding hydrogens is 214 g/mol. The minimum atomic E-state index is 0.638. The monoisotopic (exact) mass is 237 g/mol. The zero-order valence-corrected chi connectivity index (χ0v) is 10.7. The second-order valence-corrected chi connectivity index (χ2v) is 4.88. The Morgan fingerprint density at radius 1 is 1.59 bits per heavy atom. The molecule has 1 saturated heterocycles. The Bertz CT molecular complexity index is 337. The average molecular weight is 237 g/mol. The van der Waals surface area contributed by atoms with Crippen molar-refractivity contribution in [3.8, 4) is 0 Å². The Balaban J connectivity index is 1.86. The van der Waals surface area contributed by atoms with Gasteiger partial charge in [0.05, 0.1) is 5.69 Å². The molecule has 2 heterocycles. The van der Waals surface area contributed by atoms with E-state index in [9.17, 15) is 0 Å². The lowest BCUT2D eigenvalue weighted by Gasteiger charge is -2.31. The van der Waals surface area contributed by atoms with Crippen molar-refractivity contribution in [3.05, 3.63) is 17.8 Å². The van der Waals surface area contributed by atoms with Gasteiger partial charge in [-0.15, -0.1) is 0 Å². The van der Waals surface area contributed by atoms with Crippen LogP contribution in [-0.4, -0.2) is 36.1 Å². The minimum absolute atomic E-state index is 0.638. The SMILES string of the molecule is CCN1CCCC(Cc2nc(CCN)co2)C1. The van der Waals surface area contributed by atoms with Crippen LogP contribution in [0, 0.1) is 5.92 Å². The zero-order valence-electron chi connectivity index (χ0n) is 10.7. The fourth-order valence-electron chi connectivity index (χ4n) is 2.56. The molecule has 0 saturated carbocycles. The first-order valence-electron chi connectivity index (χ1n) is 6.67. The van der Waals surface area contributed by atoms with Crippen LogP contribution in [-0.2, 0) is 12.8 Å². The molecule has 2 rings (SSSR count). The van der Waals surface area contributed by atoms with Crippen LogP contribution in [0.2, 0.25) is 0 Å². The number of hydrogen-bond donors (Lipinski definition) is 1. The average Bonchev–Trinajstić information content (AvgIpc) is 2.77. The van der Waals surface area contributed by atoms with E-state index in [0.717, 1.165) is 31.0 Å². The van der Waals surface area contributed by atoms with Gasteiger partial charge < -0.3 is 15.1 Å². The van der Waals surface area contributed by atoms with E-state index < -0.39 is 0 Å². The Morgan fingerprint density at radius 3 is 3.24 bits per heavy atom. The summed E-state index contributed by atoms with van der Waals surface area (Å²) in [4.78, 5) is 6.99. The van der Waals surface area contributed by atoms with Crippen molar-refractivity contribution in [1.82, 2.24) is 9.88 Å². The van der Waals surface area contributed by atoms with E-state index in [2.05, 4.69) is 16.8 Å². The molecule has 0 radical (unpaired) electrons. The molecule has 0 bridgehead atoms. The molecule has 0 aliphatic carbocycles. The van der Waals surface area contributed by atoms with E-state index in [1.807, 2.05) is 0 Å². The fraction of sp³-hybridized carbons (Fsp3) is 0.769. The summed E-state index contributed by atoms with van der Waals surface area (Å²) in [6.45, 7) is 6.45. The second-order valence-electron chi connectivity index (χ2n) is 4.88. The summed E-state index contributed by atoms with van der Waals surface area (Å²) < 4.78 is 5.50. The summed E-state index contributed by atoms with van der Waals surface area (Å²) in [6.07, 6.45) is 6.14. The lowest BCUT2D eigenvalue weighted by molar-refractivity contribution is 0.176. The molecule has 2 N–H and O–H groups in total. The van der Waals surface area contributed by atoms with Crippen LogP contribution in [0.4, 0.5) is 0 Å². The molecule has 4 heteroatoms. The van der Waals surface area contributed by atoms with Gasteiger partial charge in [0.25, 0.3) is 0 Å². The van der Waals surface area contributed by atoms with Crippen LogP contribution >= 0.6 is 0 Å². The Kier molecular flexibility index (Phi) is 4.57. The van der Waals surface area contributed by atoms with Gasteiger partial charge in [-0.3, -0.25) is 0 Å². The summed E-state index contributed by atoms with van der Waals surface area (Å²) in [5.74, 6) is 1.59. The van der Waals surface area contributed by atoms with Gasteiger partial charge in [-0.25, -0.2) is 4.98 Å².